The van der Waals surface area contributed by atoms with Crippen LogP contribution in [0.3, 0.4) is 0 Å². The Labute approximate surface area is 94.6 Å². The molecule has 4 nitrogen and oxygen atoms in total. The van der Waals surface area contributed by atoms with Gasteiger partial charge in [-0.2, -0.15) is 5.10 Å². The first-order chi connectivity index (χ1) is 7.76. The summed E-state index contributed by atoms with van der Waals surface area (Å²) in [5.41, 5.74) is 8.56. The third-order valence-corrected chi connectivity index (χ3v) is 2.53. The lowest BCUT2D eigenvalue weighted by molar-refractivity contribution is 0.414. The molecule has 2 N–H and O–H groups in total. The van der Waals surface area contributed by atoms with Crippen LogP contribution in [0.2, 0.25) is 0 Å². The second-order valence-corrected chi connectivity index (χ2v) is 3.51. The Hall–Kier alpha value is -1.97. The third-order valence-electron chi connectivity index (χ3n) is 2.53. The molecule has 1 aromatic heterocycles. The van der Waals surface area contributed by atoms with Gasteiger partial charge in [0, 0.05) is 6.07 Å². The molecular formula is C12H15N3O. The van der Waals surface area contributed by atoms with Crippen molar-refractivity contribution in [1.29, 1.82) is 0 Å². The SMILES string of the molecule is CCc1c(N)cnn1-c1cccc(OC)c1. The zero-order chi connectivity index (χ0) is 11.5. The first kappa shape index (κ1) is 10.5. The number of rotatable bonds is 3. The van der Waals surface area contributed by atoms with Crippen molar-refractivity contribution in [2.75, 3.05) is 12.8 Å². The van der Waals surface area contributed by atoms with Crippen LogP contribution in [-0.2, 0) is 6.42 Å². The van der Waals surface area contributed by atoms with E-state index in [-0.39, 0.29) is 0 Å². The summed E-state index contributed by atoms with van der Waals surface area (Å²) >= 11 is 0. The van der Waals surface area contributed by atoms with Crippen LogP contribution in [0.25, 0.3) is 5.69 Å². The summed E-state index contributed by atoms with van der Waals surface area (Å²) in [6, 6.07) is 7.76. The van der Waals surface area contributed by atoms with Gasteiger partial charge in [0.15, 0.2) is 0 Å². The van der Waals surface area contributed by atoms with Gasteiger partial charge in [-0.15, -0.1) is 0 Å². The molecule has 1 heterocycles. The van der Waals surface area contributed by atoms with Crippen LogP contribution < -0.4 is 10.5 Å². The maximum absolute atomic E-state index is 5.85. The minimum atomic E-state index is 0.727. The molecule has 0 atom stereocenters. The molecule has 0 bridgehead atoms. The Morgan fingerprint density at radius 1 is 1.44 bits per heavy atom. The predicted molar refractivity (Wildman–Crippen MR) is 63.9 cm³/mol. The number of anilines is 1. The summed E-state index contributed by atoms with van der Waals surface area (Å²) in [6.07, 6.45) is 2.53. The lowest BCUT2D eigenvalue weighted by Crippen LogP contribution is -2.02. The lowest BCUT2D eigenvalue weighted by Gasteiger charge is -2.08. The summed E-state index contributed by atoms with van der Waals surface area (Å²) in [7, 11) is 1.65. The van der Waals surface area contributed by atoms with Gasteiger partial charge in [-0.1, -0.05) is 13.0 Å². The number of nitrogens with zero attached hydrogens (tertiary/aromatic N) is 2. The standard InChI is InChI=1S/C12H15N3O/c1-3-12-11(13)8-14-15(12)9-5-4-6-10(7-9)16-2/h4-8H,3,13H2,1-2H3. The van der Waals surface area contributed by atoms with Crippen molar-refractivity contribution in [2.45, 2.75) is 13.3 Å². The van der Waals surface area contributed by atoms with Crippen LogP contribution in [0.5, 0.6) is 5.75 Å². The van der Waals surface area contributed by atoms with Gasteiger partial charge in [-0.25, -0.2) is 4.68 Å². The number of benzene rings is 1. The van der Waals surface area contributed by atoms with E-state index < -0.39 is 0 Å². The molecule has 0 spiro atoms. The van der Waals surface area contributed by atoms with Gasteiger partial charge in [0.1, 0.15) is 5.75 Å². The molecule has 1 aromatic carbocycles. The van der Waals surface area contributed by atoms with Gasteiger partial charge in [-0.3, -0.25) is 0 Å². The van der Waals surface area contributed by atoms with Gasteiger partial charge < -0.3 is 10.5 Å². The maximum Gasteiger partial charge on any atom is 0.121 e. The van der Waals surface area contributed by atoms with Crippen LogP contribution in [-0.4, -0.2) is 16.9 Å². The smallest absolute Gasteiger partial charge is 0.121 e. The Bertz CT molecular complexity index is 491. The van der Waals surface area contributed by atoms with E-state index in [1.165, 1.54) is 0 Å². The van der Waals surface area contributed by atoms with Crippen molar-refractivity contribution in [3.8, 4) is 11.4 Å². The number of hydrogen-bond donors (Lipinski definition) is 1. The number of aromatic nitrogens is 2. The highest BCUT2D eigenvalue weighted by atomic mass is 16.5. The quantitative estimate of drug-likeness (QED) is 0.855. The Morgan fingerprint density at radius 3 is 2.94 bits per heavy atom. The second-order valence-electron chi connectivity index (χ2n) is 3.51. The number of ether oxygens (including phenoxy) is 1. The molecule has 0 aliphatic heterocycles. The van der Waals surface area contributed by atoms with E-state index in [2.05, 4.69) is 12.0 Å². The number of nitrogens with two attached hydrogens (primary N) is 1. The number of hydrogen-bond acceptors (Lipinski definition) is 3. The van der Waals surface area contributed by atoms with Crippen molar-refractivity contribution in [3.63, 3.8) is 0 Å². The fourth-order valence-corrected chi connectivity index (χ4v) is 1.71. The van der Waals surface area contributed by atoms with Gasteiger partial charge in [-0.05, 0) is 18.6 Å². The molecule has 0 saturated heterocycles. The molecule has 4 heteroatoms. The van der Waals surface area contributed by atoms with Crippen molar-refractivity contribution >= 4 is 5.69 Å². The van der Waals surface area contributed by atoms with E-state index in [1.807, 2.05) is 28.9 Å². The first-order valence-electron chi connectivity index (χ1n) is 5.23. The normalized spacial score (nSPS) is 10.4. The number of methoxy groups -OCH3 is 1. The molecule has 0 amide bonds. The van der Waals surface area contributed by atoms with E-state index in [9.17, 15) is 0 Å². The zero-order valence-electron chi connectivity index (χ0n) is 9.47. The van der Waals surface area contributed by atoms with E-state index >= 15 is 0 Å². The molecule has 2 rings (SSSR count). The fraction of sp³-hybridized carbons (Fsp3) is 0.250. The fourth-order valence-electron chi connectivity index (χ4n) is 1.71. The van der Waals surface area contributed by atoms with Crippen LogP contribution >= 0.6 is 0 Å². The predicted octanol–water partition coefficient (Wildman–Crippen LogP) is 2.03. The summed E-state index contributed by atoms with van der Waals surface area (Å²) in [5, 5.41) is 4.27. The summed E-state index contributed by atoms with van der Waals surface area (Å²) in [4.78, 5) is 0. The largest absolute Gasteiger partial charge is 0.497 e. The molecule has 0 saturated carbocycles. The molecule has 0 unspecified atom stereocenters. The highest BCUT2D eigenvalue weighted by Gasteiger charge is 2.08. The van der Waals surface area contributed by atoms with E-state index in [4.69, 9.17) is 10.5 Å². The lowest BCUT2D eigenvalue weighted by atomic mass is 10.2. The molecule has 84 valence electrons. The summed E-state index contributed by atoms with van der Waals surface area (Å²) < 4.78 is 7.03. The van der Waals surface area contributed by atoms with Gasteiger partial charge >= 0.3 is 0 Å². The maximum atomic E-state index is 5.85. The van der Waals surface area contributed by atoms with E-state index in [0.717, 1.165) is 29.2 Å². The minimum absolute atomic E-state index is 0.727. The average Bonchev–Trinajstić information content (AvgIpc) is 2.70. The van der Waals surface area contributed by atoms with Crippen LogP contribution in [0.4, 0.5) is 5.69 Å². The van der Waals surface area contributed by atoms with Crippen molar-refractivity contribution in [1.82, 2.24) is 9.78 Å². The van der Waals surface area contributed by atoms with E-state index in [1.54, 1.807) is 13.3 Å². The van der Waals surface area contributed by atoms with Crippen LogP contribution in [0.15, 0.2) is 30.5 Å². The van der Waals surface area contributed by atoms with Gasteiger partial charge in [0.25, 0.3) is 0 Å². The summed E-state index contributed by atoms with van der Waals surface area (Å²) in [6.45, 7) is 2.06. The van der Waals surface area contributed by atoms with E-state index in [0.29, 0.717) is 0 Å². The highest BCUT2D eigenvalue weighted by Crippen LogP contribution is 2.20. The molecule has 0 radical (unpaired) electrons. The number of nitrogen functional groups attached to an aromatic ring is 1. The van der Waals surface area contributed by atoms with Crippen molar-refractivity contribution in [2.24, 2.45) is 0 Å². The second kappa shape index (κ2) is 4.26. The molecular weight excluding hydrogens is 202 g/mol. The van der Waals surface area contributed by atoms with Crippen LogP contribution in [0.1, 0.15) is 12.6 Å². The minimum Gasteiger partial charge on any atom is -0.497 e. The van der Waals surface area contributed by atoms with Gasteiger partial charge in [0.05, 0.1) is 30.4 Å². The Balaban J connectivity index is 2.49. The Morgan fingerprint density at radius 2 is 2.25 bits per heavy atom. The zero-order valence-corrected chi connectivity index (χ0v) is 9.47. The average molecular weight is 217 g/mol. The Kier molecular flexibility index (Phi) is 2.81. The van der Waals surface area contributed by atoms with Crippen molar-refractivity contribution in [3.05, 3.63) is 36.2 Å². The monoisotopic (exact) mass is 217 g/mol. The summed E-state index contributed by atoms with van der Waals surface area (Å²) in [5.74, 6) is 0.814. The van der Waals surface area contributed by atoms with Crippen molar-refractivity contribution < 1.29 is 4.74 Å². The molecule has 0 aliphatic rings. The topological polar surface area (TPSA) is 53.1 Å². The molecule has 16 heavy (non-hydrogen) atoms. The third kappa shape index (κ3) is 1.74. The highest BCUT2D eigenvalue weighted by molar-refractivity contribution is 5.47. The molecule has 0 aliphatic carbocycles. The first-order valence-corrected chi connectivity index (χ1v) is 5.23. The van der Waals surface area contributed by atoms with Crippen LogP contribution in [0, 0.1) is 0 Å². The van der Waals surface area contributed by atoms with Gasteiger partial charge in [0.2, 0.25) is 0 Å². The molecule has 0 fully saturated rings. The molecule has 2 aromatic rings.